The van der Waals surface area contributed by atoms with Crippen molar-refractivity contribution in [3.05, 3.63) is 35.9 Å². The Bertz CT molecular complexity index is 887. The zero-order valence-electron chi connectivity index (χ0n) is 14.3. The molecule has 2 fully saturated rings. The molecule has 3 aromatic heterocycles. The zero-order valence-corrected chi connectivity index (χ0v) is 14.3. The van der Waals surface area contributed by atoms with E-state index in [0.29, 0.717) is 11.8 Å². The van der Waals surface area contributed by atoms with Crippen LogP contribution >= 0.6 is 0 Å². The summed E-state index contributed by atoms with van der Waals surface area (Å²) < 4.78 is 3.77. The molecule has 8 heteroatoms. The van der Waals surface area contributed by atoms with Crippen LogP contribution in [0, 0.1) is 5.92 Å². The van der Waals surface area contributed by atoms with Crippen molar-refractivity contribution in [2.75, 3.05) is 24.5 Å². The Hall–Kier alpha value is -2.48. The third kappa shape index (κ3) is 2.86. The number of aromatic nitrogens is 6. The van der Waals surface area contributed by atoms with E-state index in [4.69, 9.17) is 5.10 Å². The molecule has 1 aliphatic carbocycles. The molecular formula is C17H22N8. The second-order valence-corrected chi connectivity index (χ2v) is 7.18. The minimum Gasteiger partial charge on any atom is -0.354 e. The molecule has 1 aliphatic heterocycles. The van der Waals surface area contributed by atoms with Gasteiger partial charge in [0.25, 0.3) is 0 Å². The first-order valence-electron chi connectivity index (χ1n) is 8.93. The molecule has 0 spiro atoms. The van der Waals surface area contributed by atoms with Gasteiger partial charge in [-0.1, -0.05) is 0 Å². The quantitative estimate of drug-likeness (QED) is 0.721. The van der Waals surface area contributed by atoms with Crippen molar-refractivity contribution in [3.63, 3.8) is 0 Å². The highest BCUT2D eigenvalue weighted by Gasteiger charge is 2.31. The van der Waals surface area contributed by atoms with Gasteiger partial charge < -0.3 is 10.2 Å². The van der Waals surface area contributed by atoms with Crippen LogP contribution in [0.5, 0.6) is 0 Å². The number of aryl methyl sites for hydroxylation is 1. The molecule has 0 atom stereocenters. The number of nitrogens with zero attached hydrogens (tertiary/aromatic N) is 7. The van der Waals surface area contributed by atoms with Crippen LogP contribution in [0.1, 0.15) is 30.3 Å². The predicted octanol–water partition coefficient (Wildman–Crippen LogP) is 0.961. The predicted molar refractivity (Wildman–Crippen MR) is 93.4 cm³/mol. The van der Waals surface area contributed by atoms with E-state index in [-0.39, 0.29) is 0 Å². The van der Waals surface area contributed by atoms with Gasteiger partial charge in [0.2, 0.25) is 0 Å². The summed E-state index contributed by atoms with van der Waals surface area (Å²) in [5.41, 5.74) is 1.94. The van der Waals surface area contributed by atoms with Crippen LogP contribution in [0.2, 0.25) is 0 Å². The maximum Gasteiger partial charge on any atom is 0.178 e. The van der Waals surface area contributed by atoms with E-state index >= 15 is 0 Å². The van der Waals surface area contributed by atoms with Crippen LogP contribution in [-0.4, -0.2) is 49.2 Å². The van der Waals surface area contributed by atoms with Gasteiger partial charge in [0.05, 0.1) is 5.69 Å². The number of hydrogen-bond acceptors (Lipinski definition) is 6. The number of hydrogen-bond donors (Lipinski definition) is 1. The smallest absolute Gasteiger partial charge is 0.178 e. The van der Waals surface area contributed by atoms with Crippen LogP contribution in [0.15, 0.2) is 24.4 Å². The number of anilines is 1. The second kappa shape index (κ2) is 5.80. The van der Waals surface area contributed by atoms with Crippen LogP contribution in [0.25, 0.3) is 5.65 Å². The average molecular weight is 338 g/mol. The Morgan fingerprint density at radius 3 is 2.76 bits per heavy atom. The molecule has 130 valence electrons. The molecule has 0 aromatic carbocycles. The lowest BCUT2D eigenvalue weighted by Crippen LogP contribution is -2.51. The standard InChI is InChI=1S/C17H22N8/c1-23-7-6-14(21-23)9-18-8-12-10-24(11-12)16-5-4-15-19-20-17(13-2-3-13)25(15)22-16/h4-7,12-13,18H,2-3,8-11H2,1H3. The molecule has 1 saturated carbocycles. The van der Waals surface area contributed by atoms with Gasteiger partial charge in [-0.3, -0.25) is 4.68 Å². The van der Waals surface area contributed by atoms with Crippen molar-refractivity contribution in [1.29, 1.82) is 0 Å². The van der Waals surface area contributed by atoms with Gasteiger partial charge in [0.15, 0.2) is 11.5 Å². The summed E-state index contributed by atoms with van der Waals surface area (Å²) in [5, 5.41) is 21.2. The molecule has 0 bridgehead atoms. The molecule has 0 amide bonds. The lowest BCUT2D eigenvalue weighted by atomic mass is 10.0. The summed E-state index contributed by atoms with van der Waals surface area (Å²) in [7, 11) is 1.95. The second-order valence-electron chi connectivity index (χ2n) is 7.18. The minimum absolute atomic E-state index is 0.553. The molecule has 4 heterocycles. The summed E-state index contributed by atoms with van der Waals surface area (Å²) in [5.74, 6) is 3.25. The summed E-state index contributed by atoms with van der Waals surface area (Å²) in [6.07, 6.45) is 4.39. The number of fused-ring (bicyclic) bond motifs is 1. The van der Waals surface area contributed by atoms with E-state index in [9.17, 15) is 0 Å². The van der Waals surface area contributed by atoms with Gasteiger partial charge in [-0.25, -0.2) is 0 Å². The van der Waals surface area contributed by atoms with Gasteiger partial charge in [-0.05, 0) is 31.0 Å². The van der Waals surface area contributed by atoms with Crippen LogP contribution in [-0.2, 0) is 13.6 Å². The third-order valence-electron chi connectivity index (χ3n) is 5.00. The highest BCUT2D eigenvalue weighted by Crippen LogP contribution is 2.38. The number of nitrogens with one attached hydrogen (secondary N) is 1. The van der Waals surface area contributed by atoms with Crippen LogP contribution in [0.3, 0.4) is 0 Å². The van der Waals surface area contributed by atoms with Gasteiger partial charge in [-0.15, -0.1) is 15.3 Å². The summed E-state index contributed by atoms with van der Waals surface area (Å²) in [4.78, 5) is 2.32. The van der Waals surface area contributed by atoms with E-state index in [1.54, 1.807) is 0 Å². The van der Waals surface area contributed by atoms with Crippen LogP contribution in [0.4, 0.5) is 5.82 Å². The molecular weight excluding hydrogens is 316 g/mol. The summed E-state index contributed by atoms with van der Waals surface area (Å²) >= 11 is 0. The monoisotopic (exact) mass is 338 g/mol. The summed E-state index contributed by atoms with van der Waals surface area (Å²) in [6, 6.07) is 6.13. The van der Waals surface area contributed by atoms with Crippen LogP contribution < -0.4 is 10.2 Å². The fourth-order valence-electron chi connectivity index (χ4n) is 3.41. The normalized spacial score (nSPS) is 18.0. The SMILES string of the molecule is Cn1ccc(CNCC2CN(c3ccc4nnc(C5CC5)n4n3)C2)n1. The highest BCUT2D eigenvalue weighted by molar-refractivity contribution is 5.47. The van der Waals surface area contributed by atoms with Crippen molar-refractivity contribution >= 4 is 11.5 Å². The van der Waals surface area contributed by atoms with Crippen molar-refractivity contribution in [2.45, 2.75) is 25.3 Å². The van der Waals surface area contributed by atoms with E-state index in [1.807, 2.05) is 28.5 Å². The first kappa shape index (κ1) is 14.8. The lowest BCUT2D eigenvalue weighted by Gasteiger charge is -2.40. The first-order valence-corrected chi connectivity index (χ1v) is 8.93. The Morgan fingerprint density at radius 2 is 2.00 bits per heavy atom. The van der Waals surface area contributed by atoms with E-state index in [2.05, 4.69) is 37.6 Å². The van der Waals surface area contributed by atoms with E-state index < -0.39 is 0 Å². The Morgan fingerprint density at radius 1 is 1.12 bits per heavy atom. The molecule has 8 nitrogen and oxygen atoms in total. The number of rotatable bonds is 6. The first-order chi connectivity index (χ1) is 12.3. The van der Waals surface area contributed by atoms with Gasteiger partial charge in [-0.2, -0.15) is 9.61 Å². The van der Waals surface area contributed by atoms with Crippen molar-refractivity contribution in [1.82, 2.24) is 34.9 Å². The lowest BCUT2D eigenvalue weighted by molar-refractivity contribution is 0.380. The zero-order chi connectivity index (χ0) is 16.8. The fourth-order valence-corrected chi connectivity index (χ4v) is 3.41. The molecule has 25 heavy (non-hydrogen) atoms. The van der Waals surface area contributed by atoms with E-state index in [1.165, 1.54) is 12.8 Å². The molecule has 3 aromatic rings. The van der Waals surface area contributed by atoms with E-state index in [0.717, 1.165) is 49.2 Å². The van der Waals surface area contributed by atoms with Gasteiger partial charge >= 0.3 is 0 Å². The Balaban J connectivity index is 1.17. The minimum atomic E-state index is 0.553. The van der Waals surface area contributed by atoms with Crippen molar-refractivity contribution in [2.24, 2.45) is 13.0 Å². The Labute approximate surface area is 145 Å². The molecule has 2 aliphatic rings. The molecule has 5 rings (SSSR count). The van der Waals surface area contributed by atoms with Crippen molar-refractivity contribution < 1.29 is 0 Å². The molecule has 0 unspecified atom stereocenters. The largest absolute Gasteiger partial charge is 0.354 e. The van der Waals surface area contributed by atoms with Crippen molar-refractivity contribution in [3.8, 4) is 0 Å². The molecule has 1 saturated heterocycles. The summed E-state index contributed by atoms with van der Waals surface area (Å²) in [6.45, 7) is 3.91. The average Bonchev–Trinajstić information content (AvgIpc) is 3.20. The topological polar surface area (TPSA) is 76.2 Å². The molecule has 0 radical (unpaired) electrons. The van der Waals surface area contributed by atoms with Gasteiger partial charge in [0.1, 0.15) is 5.82 Å². The fraction of sp³-hybridized carbons (Fsp3) is 0.529. The maximum atomic E-state index is 4.77. The van der Waals surface area contributed by atoms with Gasteiger partial charge in [0, 0.05) is 51.3 Å². The molecule has 1 N–H and O–H groups in total. The Kier molecular flexibility index (Phi) is 3.44. The third-order valence-corrected chi connectivity index (χ3v) is 5.00. The highest BCUT2D eigenvalue weighted by atomic mass is 15.4. The maximum absolute atomic E-state index is 4.77.